The fraction of sp³-hybridized carbons (Fsp3) is 0.556. The van der Waals surface area contributed by atoms with Gasteiger partial charge in [-0.3, -0.25) is 4.79 Å². The van der Waals surface area contributed by atoms with Crippen LogP contribution in [-0.2, 0) is 27.9 Å². The van der Waals surface area contributed by atoms with Crippen molar-refractivity contribution in [2.75, 3.05) is 13.2 Å². The number of hydrogen-bond acceptors (Lipinski definition) is 4. The lowest BCUT2D eigenvalue weighted by Gasteiger charge is -2.23. The Balaban J connectivity index is 1.49. The summed E-state index contributed by atoms with van der Waals surface area (Å²) in [5.74, 6) is 0.699. The number of nitrogens with one attached hydrogen (secondary N) is 1. The van der Waals surface area contributed by atoms with Crippen molar-refractivity contribution >= 4 is 16.9 Å². The number of imidazole rings is 1. The summed E-state index contributed by atoms with van der Waals surface area (Å²) in [6, 6.07) is 7.93. The van der Waals surface area contributed by atoms with Crippen LogP contribution in [0.5, 0.6) is 0 Å². The zero-order valence-corrected chi connectivity index (χ0v) is 14.3. The first-order chi connectivity index (χ1) is 11.6. The Morgan fingerprint density at radius 2 is 2.29 bits per heavy atom. The molecule has 1 fully saturated rings. The first kappa shape index (κ1) is 16.9. The van der Waals surface area contributed by atoms with Gasteiger partial charge >= 0.3 is 0 Å². The van der Waals surface area contributed by atoms with Gasteiger partial charge in [-0.25, -0.2) is 4.98 Å². The van der Waals surface area contributed by atoms with E-state index in [1.807, 2.05) is 35.9 Å². The van der Waals surface area contributed by atoms with Gasteiger partial charge in [-0.15, -0.1) is 0 Å². The van der Waals surface area contributed by atoms with Gasteiger partial charge in [0.2, 0.25) is 5.91 Å². The van der Waals surface area contributed by atoms with Gasteiger partial charge in [-0.1, -0.05) is 12.1 Å². The molecule has 1 aliphatic heterocycles. The fourth-order valence-corrected chi connectivity index (χ4v) is 2.93. The second-order valence-electron chi connectivity index (χ2n) is 6.26. The zero-order chi connectivity index (χ0) is 16.9. The molecule has 2 aromatic rings. The van der Waals surface area contributed by atoms with E-state index in [1.54, 1.807) is 6.92 Å². The van der Waals surface area contributed by atoms with Gasteiger partial charge in [-0.2, -0.15) is 0 Å². The lowest BCUT2D eigenvalue weighted by Crippen LogP contribution is -2.37. The highest BCUT2D eigenvalue weighted by atomic mass is 16.5. The normalized spacial score (nSPS) is 19.3. The van der Waals surface area contributed by atoms with Crippen molar-refractivity contribution in [1.82, 2.24) is 14.9 Å². The van der Waals surface area contributed by atoms with Gasteiger partial charge in [-0.05, 0) is 38.3 Å². The van der Waals surface area contributed by atoms with Crippen LogP contribution in [-0.4, -0.2) is 40.9 Å². The minimum atomic E-state index is -0.495. The fourth-order valence-electron chi connectivity index (χ4n) is 2.93. The summed E-state index contributed by atoms with van der Waals surface area (Å²) in [6.45, 7) is 3.42. The predicted octanol–water partition coefficient (Wildman–Crippen LogP) is 2.16. The van der Waals surface area contributed by atoms with Crippen LogP contribution in [0, 0.1) is 0 Å². The van der Waals surface area contributed by atoms with Crippen molar-refractivity contribution in [1.29, 1.82) is 0 Å². The van der Waals surface area contributed by atoms with E-state index in [0.717, 1.165) is 36.3 Å². The number of aryl methyl sites for hydroxylation is 1. The molecule has 1 saturated heterocycles. The minimum Gasteiger partial charge on any atom is -0.376 e. The number of amides is 1. The number of benzene rings is 1. The standard InChI is InChI=1S/C18H25N3O3/c1-13(24-12-14-7-5-6-10-23-14)18(22)19-11-17-20-15-8-3-4-9-16(15)21(17)2/h3-4,8-9,13-14H,5-7,10-12H2,1-2H3,(H,19,22). The van der Waals surface area contributed by atoms with Crippen LogP contribution in [0.1, 0.15) is 32.0 Å². The second kappa shape index (κ2) is 7.77. The third-order valence-electron chi connectivity index (χ3n) is 4.48. The molecule has 0 bridgehead atoms. The number of ether oxygens (including phenoxy) is 2. The number of rotatable bonds is 6. The molecule has 0 radical (unpaired) electrons. The predicted molar refractivity (Wildman–Crippen MR) is 91.6 cm³/mol. The van der Waals surface area contributed by atoms with Crippen LogP contribution in [0.25, 0.3) is 11.0 Å². The van der Waals surface area contributed by atoms with Gasteiger partial charge in [0.15, 0.2) is 0 Å². The van der Waals surface area contributed by atoms with E-state index in [9.17, 15) is 4.79 Å². The number of para-hydroxylation sites is 2. The maximum atomic E-state index is 12.2. The van der Waals surface area contributed by atoms with Crippen molar-refractivity contribution in [3.63, 3.8) is 0 Å². The molecule has 1 amide bonds. The van der Waals surface area contributed by atoms with Crippen LogP contribution >= 0.6 is 0 Å². The molecule has 1 N–H and O–H groups in total. The number of fused-ring (bicyclic) bond motifs is 1. The molecule has 0 spiro atoms. The van der Waals surface area contributed by atoms with E-state index < -0.39 is 6.10 Å². The molecule has 130 valence electrons. The quantitative estimate of drug-likeness (QED) is 0.881. The lowest BCUT2D eigenvalue weighted by atomic mass is 10.1. The number of carbonyl (C=O) groups excluding carboxylic acids is 1. The summed E-state index contributed by atoms with van der Waals surface area (Å²) in [7, 11) is 1.96. The van der Waals surface area contributed by atoms with Crippen LogP contribution in [0.15, 0.2) is 24.3 Å². The van der Waals surface area contributed by atoms with Crippen molar-refractivity contribution in [2.45, 2.75) is 44.9 Å². The van der Waals surface area contributed by atoms with Crippen molar-refractivity contribution in [3.05, 3.63) is 30.1 Å². The topological polar surface area (TPSA) is 65.4 Å². The first-order valence-corrected chi connectivity index (χ1v) is 8.56. The molecule has 1 aromatic carbocycles. The Labute approximate surface area is 142 Å². The molecule has 1 aliphatic rings. The van der Waals surface area contributed by atoms with Gasteiger partial charge < -0.3 is 19.4 Å². The average molecular weight is 331 g/mol. The lowest BCUT2D eigenvalue weighted by molar-refractivity contribution is -0.135. The maximum absolute atomic E-state index is 12.2. The average Bonchev–Trinajstić information content (AvgIpc) is 2.95. The van der Waals surface area contributed by atoms with Gasteiger partial charge in [0, 0.05) is 13.7 Å². The number of hydrogen-bond donors (Lipinski definition) is 1. The van der Waals surface area contributed by atoms with E-state index in [2.05, 4.69) is 10.3 Å². The summed E-state index contributed by atoms with van der Waals surface area (Å²) in [6.07, 6.45) is 2.92. The second-order valence-corrected chi connectivity index (χ2v) is 6.26. The molecule has 2 unspecified atom stereocenters. The van der Waals surface area contributed by atoms with E-state index >= 15 is 0 Å². The van der Waals surface area contributed by atoms with Crippen molar-refractivity contribution in [2.24, 2.45) is 7.05 Å². The van der Waals surface area contributed by atoms with Crippen LogP contribution in [0.2, 0.25) is 0 Å². The maximum Gasteiger partial charge on any atom is 0.249 e. The van der Waals surface area contributed by atoms with E-state index in [0.29, 0.717) is 13.2 Å². The van der Waals surface area contributed by atoms with Gasteiger partial charge in [0.25, 0.3) is 0 Å². The highest BCUT2D eigenvalue weighted by Crippen LogP contribution is 2.15. The van der Waals surface area contributed by atoms with Crippen LogP contribution in [0.4, 0.5) is 0 Å². The minimum absolute atomic E-state index is 0.119. The molecule has 6 heteroatoms. The highest BCUT2D eigenvalue weighted by molar-refractivity contribution is 5.80. The Hall–Kier alpha value is -1.92. The Kier molecular flexibility index (Phi) is 5.48. The summed E-state index contributed by atoms with van der Waals surface area (Å²) in [5.41, 5.74) is 1.99. The molecule has 2 atom stereocenters. The molecule has 6 nitrogen and oxygen atoms in total. The van der Waals surface area contributed by atoms with Crippen molar-refractivity contribution < 1.29 is 14.3 Å². The summed E-state index contributed by atoms with van der Waals surface area (Å²) in [5, 5.41) is 2.90. The monoisotopic (exact) mass is 331 g/mol. The SMILES string of the molecule is CC(OCC1CCCCO1)C(=O)NCc1nc2ccccc2n1C. The summed E-state index contributed by atoms with van der Waals surface area (Å²) >= 11 is 0. The Morgan fingerprint density at radius 3 is 3.04 bits per heavy atom. The Bertz CT molecular complexity index is 692. The molecule has 0 saturated carbocycles. The zero-order valence-electron chi connectivity index (χ0n) is 14.3. The molecule has 0 aliphatic carbocycles. The molecule has 3 rings (SSSR count). The largest absolute Gasteiger partial charge is 0.376 e. The molecule has 2 heterocycles. The van der Waals surface area contributed by atoms with Gasteiger partial charge in [0.1, 0.15) is 11.9 Å². The van der Waals surface area contributed by atoms with Gasteiger partial charge in [0.05, 0.1) is 30.3 Å². The van der Waals surface area contributed by atoms with Crippen LogP contribution < -0.4 is 5.32 Å². The molecular formula is C18H25N3O3. The first-order valence-electron chi connectivity index (χ1n) is 8.56. The van der Waals surface area contributed by atoms with E-state index in [1.165, 1.54) is 6.42 Å². The molecule has 24 heavy (non-hydrogen) atoms. The molecular weight excluding hydrogens is 306 g/mol. The smallest absolute Gasteiger partial charge is 0.249 e. The number of carbonyl (C=O) groups is 1. The molecule has 1 aromatic heterocycles. The van der Waals surface area contributed by atoms with E-state index in [-0.39, 0.29) is 12.0 Å². The number of aromatic nitrogens is 2. The Morgan fingerprint density at radius 1 is 1.46 bits per heavy atom. The third kappa shape index (κ3) is 3.94. The third-order valence-corrected chi connectivity index (χ3v) is 4.48. The van der Waals surface area contributed by atoms with Crippen LogP contribution in [0.3, 0.4) is 0 Å². The summed E-state index contributed by atoms with van der Waals surface area (Å²) < 4.78 is 13.3. The van der Waals surface area contributed by atoms with E-state index in [4.69, 9.17) is 9.47 Å². The van der Waals surface area contributed by atoms with Crippen molar-refractivity contribution in [3.8, 4) is 0 Å². The summed E-state index contributed by atoms with van der Waals surface area (Å²) in [4.78, 5) is 16.8. The highest BCUT2D eigenvalue weighted by Gasteiger charge is 2.19. The number of nitrogens with zero attached hydrogens (tertiary/aromatic N) is 2.